The van der Waals surface area contributed by atoms with Crippen LogP contribution in [0.25, 0.3) is 0 Å². The highest BCUT2D eigenvalue weighted by Crippen LogP contribution is 2.27. The van der Waals surface area contributed by atoms with Gasteiger partial charge in [0, 0.05) is 17.5 Å². The number of hydrogen-bond donors (Lipinski definition) is 1. The molecule has 2 aromatic rings. The minimum Gasteiger partial charge on any atom is -0.465 e. The van der Waals surface area contributed by atoms with Crippen molar-refractivity contribution in [2.45, 2.75) is 38.9 Å². The third kappa shape index (κ3) is 6.59. The number of esters is 1. The van der Waals surface area contributed by atoms with Crippen LogP contribution in [-0.4, -0.2) is 53.4 Å². The molecule has 0 atom stereocenters. The van der Waals surface area contributed by atoms with Gasteiger partial charge in [0.05, 0.1) is 13.2 Å². The number of urea groups is 1. The lowest BCUT2D eigenvalue weighted by Crippen LogP contribution is -2.48. The lowest BCUT2D eigenvalue weighted by atomic mass is 10.2. The van der Waals surface area contributed by atoms with E-state index in [2.05, 4.69) is 5.32 Å². The molecule has 0 spiro atoms. The summed E-state index contributed by atoms with van der Waals surface area (Å²) in [4.78, 5) is 41.7. The summed E-state index contributed by atoms with van der Waals surface area (Å²) in [5.41, 5.74) is 1.03. The van der Waals surface area contributed by atoms with Crippen LogP contribution in [0, 0.1) is 0 Å². The van der Waals surface area contributed by atoms with Crippen LogP contribution in [0.15, 0.2) is 47.8 Å². The zero-order valence-corrected chi connectivity index (χ0v) is 17.9. The van der Waals surface area contributed by atoms with Crippen molar-refractivity contribution in [3.8, 4) is 0 Å². The van der Waals surface area contributed by atoms with Crippen LogP contribution >= 0.6 is 11.3 Å². The molecular formula is C22H27N3O4S. The summed E-state index contributed by atoms with van der Waals surface area (Å²) in [6.45, 7) is 2.72. The van der Waals surface area contributed by atoms with E-state index in [0.29, 0.717) is 13.1 Å². The fraction of sp³-hybridized carbons (Fsp3) is 0.409. The Hall–Kier alpha value is -2.87. The molecule has 8 heteroatoms. The van der Waals surface area contributed by atoms with Gasteiger partial charge in [0.25, 0.3) is 0 Å². The minimum atomic E-state index is -0.490. The molecule has 30 heavy (non-hydrogen) atoms. The van der Waals surface area contributed by atoms with E-state index < -0.39 is 12.0 Å². The number of carbonyl (C=O) groups excluding carboxylic acids is 3. The second kappa shape index (κ2) is 10.8. The number of hydrogen-bond acceptors (Lipinski definition) is 5. The summed E-state index contributed by atoms with van der Waals surface area (Å²) in [6.07, 6.45) is 1.73. The molecule has 0 unspecified atom stereocenters. The maximum absolute atomic E-state index is 13.2. The molecule has 1 fully saturated rings. The molecule has 1 N–H and O–H groups in total. The highest BCUT2D eigenvalue weighted by atomic mass is 32.1. The molecule has 1 aromatic heterocycles. The van der Waals surface area contributed by atoms with E-state index in [1.807, 2.05) is 47.8 Å². The number of thiophene rings is 1. The van der Waals surface area contributed by atoms with Crippen molar-refractivity contribution in [3.05, 3.63) is 58.3 Å². The first-order valence-electron chi connectivity index (χ1n) is 10.1. The van der Waals surface area contributed by atoms with Crippen molar-refractivity contribution in [2.75, 3.05) is 19.7 Å². The van der Waals surface area contributed by atoms with Crippen LogP contribution in [0.4, 0.5) is 4.79 Å². The third-order valence-corrected chi connectivity index (χ3v) is 5.60. The highest BCUT2D eigenvalue weighted by Gasteiger charge is 2.35. The number of benzene rings is 1. The molecule has 7 nitrogen and oxygen atoms in total. The molecule has 1 heterocycles. The van der Waals surface area contributed by atoms with Crippen LogP contribution in [0.2, 0.25) is 0 Å². The fourth-order valence-electron chi connectivity index (χ4n) is 3.09. The Bertz CT molecular complexity index is 837. The van der Waals surface area contributed by atoms with Crippen molar-refractivity contribution < 1.29 is 19.1 Å². The monoisotopic (exact) mass is 429 g/mol. The summed E-state index contributed by atoms with van der Waals surface area (Å²) in [6, 6.07) is 13.4. The van der Waals surface area contributed by atoms with E-state index >= 15 is 0 Å². The van der Waals surface area contributed by atoms with Gasteiger partial charge in [-0.25, -0.2) is 4.79 Å². The quantitative estimate of drug-likeness (QED) is 0.589. The standard InChI is InChI=1S/C22H27N3O4S/c1-2-29-21(27)13-23-22(28)25(18-10-11-18)16-20(26)24(15-19-9-6-12-30-19)14-17-7-4-3-5-8-17/h3-9,12,18H,2,10-11,13-16H2,1H3,(H,23,28). The van der Waals surface area contributed by atoms with Gasteiger partial charge in [-0.2, -0.15) is 0 Å². The fourth-order valence-corrected chi connectivity index (χ4v) is 3.81. The lowest BCUT2D eigenvalue weighted by Gasteiger charge is -2.27. The average Bonchev–Trinajstić information content (AvgIpc) is 3.46. The Labute approximate surface area is 180 Å². The molecular weight excluding hydrogens is 402 g/mol. The molecule has 1 aliphatic rings. The first-order chi connectivity index (χ1) is 14.6. The minimum absolute atomic E-state index is 0.0163. The van der Waals surface area contributed by atoms with Gasteiger partial charge in [-0.15, -0.1) is 11.3 Å². The number of amides is 3. The molecule has 160 valence electrons. The predicted octanol–water partition coefficient (Wildman–Crippen LogP) is 3.01. The van der Waals surface area contributed by atoms with Gasteiger partial charge in [-0.1, -0.05) is 36.4 Å². The van der Waals surface area contributed by atoms with Gasteiger partial charge in [-0.05, 0) is 36.8 Å². The average molecular weight is 430 g/mol. The molecule has 3 amide bonds. The Morgan fingerprint density at radius 3 is 2.50 bits per heavy atom. The van der Waals surface area contributed by atoms with Crippen LogP contribution in [0.5, 0.6) is 0 Å². The molecule has 1 saturated carbocycles. The Balaban J connectivity index is 1.65. The van der Waals surface area contributed by atoms with Gasteiger partial charge in [0.1, 0.15) is 13.1 Å². The molecule has 0 bridgehead atoms. The van der Waals surface area contributed by atoms with Crippen molar-refractivity contribution >= 4 is 29.2 Å². The number of nitrogens with zero attached hydrogens (tertiary/aromatic N) is 2. The summed E-state index contributed by atoms with van der Waals surface area (Å²) >= 11 is 1.60. The molecule has 3 rings (SSSR count). The van der Waals surface area contributed by atoms with E-state index in [4.69, 9.17) is 4.74 Å². The number of nitrogens with one attached hydrogen (secondary N) is 1. The molecule has 1 aromatic carbocycles. The van der Waals surface area contributed by atoms with Gasteiger partial charge < -0.3 is 19.9 Å². The summed E-state index contributed by atoms with van der Waals surface area (Å²) in [5.74, 6) is -0.609. The molecule has 0 aliphatic heterocycles. The van der Waals surface area contributed by atoms with Crippen molar-refractivity contribution in [1.29, 1.82) is 0 Å². The van der Waals surface area contributed by atoms with E-state index in [0.717, 1.165) is 23.3 Å². The molecule has 0 radical (unpaired) electrons. The van der Waals surface area contributed by atoms with Crippen molar-refractivity contribution in [2.24, 2.45) is 0 Å². The first kappa shape index (κ1) is 21.8. The summed E-state index contributed by atoms with van der Waals surface area (Å²) < 4.78 is 4.85. The SMILES string of the molecule is CCOC(=O)CNC(=O)N(CC(=O)N(Cc1ccccc1)Cc1cccs1)C1CC1. The van der Waals surface area contributed by atoms with Crippen molar-refractivity contribution in [1.82, 2.24) is 15.1 Å². The summed E-state index contributed by atoms with van der Waals surface area (Å²) in [7, 11) is 0. The Kier molecular flexibility index (Phi) is 7.84. The van der Waals surface area contributed by atoms with Crippen LogP contribution in [-0.2, 0) is 27.4 Å². The predicted molar refractivity (Wildman–Crippen MR) is 115 cm³/mol. The largest absolute Gasteiger partial charge is 0.465 e. The zero-order valence-electron chi connectivity index (χ0n) is 17.1. The highest BCUT2D eigenvalue weighted by molar-refractivity contribution is 7.09. The van der Waals surface area contributed by atoms with E-state index in [1.165, 1.54) is 4.90 Å². The van der Waals surface area contributed by atoms with Gasteiger partial charge in [-0.3, -0.25) is 9.59 Å². The Morgan fingerprint density at radius 1 is 1.10 bits per heavy atom. The maximum Gasteiger partial charge on any atom is 0.325 e. The number of ether oxygens (including phenoxy) is 1. The van der Waals surface area contributed by atoms with E-state index in [-0.39, 0.29) is 31.6 Å². The second-order valence-corrected chi connectivity index (χ2v) is 8.17. The van der Waals surface area contributed by atoms with E-state index in [1.54, 1.807) is 23.2 Å². The van der Waals surface area contributed by atoms with Crippen LogP contribution < -0.4 is 5.32 Å². The lowest BCUT2D eigenvalue weighted by molar-refractivity contribution is -0.141. The van der Waals surface area contributed by atoms with Crippen LogP contribution in [0.3, 0.4) is 0 Å². The second-order valence-electron chi connectivity index (χ2n) is 7.14. The van der Waals surface area contributed by atoms with Crippen molar-refractivity contribution in [3.63, 3.8) is 0 Å². The third-order valence-electron chi connectivity index (χ3n) is 4.74. The normalized spacial score (nSPS) is 12.8. The zero-order chi connectivity index (χ0) is 21.3. The molecule has 1 aliphatic carbocycles. The first-order valence-corrected chi connectivity index (χ1v) is 11.0. The van der Waals surface area contributed by atoms with E-state index in [9.17, 15) is 14.4 Å². The smallest absolute Gasteiger partial charge is 0.325 e. The topological polar surface area (TPSA) is 79.0 Å². The number of rotatable bonds is 10. The Morgan fingerprint density at radius 2 is 1.87 bits per heavy atom. The van der Waals surface area contributed by atoms with Gasteiger partial charge in [0.15, 0.2) is 0 Å². The summed E-state index contributed by atoms with van der Waals surface area (Å²) in [5, 5.41) is 4.56. The maximum atomic E-state index is 13.2. The van der Waals surface area contributed by atoms with Gasteiger partial charge >= 0.3 is 12.0 Å². The van der Waals surface area contributed by atoms with Crippen LogP contribution in [0.1, 0.15) is 30.2 Å². The number of carbonyl (C=O) groups is 3. The molecule has 0 saturated heterocycles. The van der Waals surface area contributed by atoms with Gasteiger partial charge in [0.2, 0.25) is 5.91 Å².